The molecule has 1 amide bonds. The Kier molecular flexibility index (Phi) is 5.40. The second kappa shape index (κ2) is 7.42. The summed E-state index contributed by atoms with van der Waals surface area (Å²) in [5, 5.41) is 3.73. The van der Waals surface area contributed by atoms with Gasteiger partial charge in [-0.1, -0.05) is 23.7 Å². The lowest BCUT2D eigenvalue weighted by molar-refractivity contribution is -0.201. The average molecular weight is 392 g/mol. The van der Waals surface area contributed by atoms with E-state index in [1.165, 1.54) is 18.2 Å². The molecular weight excluding hydrogens is 375 g/mol. The topological polar surface area (TPSA) is 61.9 Å². The largest absolute Gasteiger partial charge is 0.493 e. The van der Waals surface area contributed by atoms with Crippen molar-refractivity contribution in [3.05, 3.63) is 29.3 Å². The number of amides is 1. The molecule has 6 nitrogen and oxygen atoms in total. The van der Waals surface area contributed by atoms with Crippen molar-refractivity contribution in [3.63, 3.8) is 0 Å². The molecule has 2 atom stereocenters. The Morgan fingerprint density at radius 3 is 2.42 bits per heavy atom. The molecule has 2 aliphatic heterocycles. The van der Waals surface area contributed by atoms with Gasteiger partial charge in [-0.15, -0.1) is 5.06 Å². The maximum atomic E-state index is 12.6. The predicted molar refractivity (Wildman–Crippen MR) is 87.5 cm³/mol. The number of hydrogen-bond donors (Lipinski definition) is 1. The molecule has 2 bridgehead atoms. The number of alkyl halides is 3. The first-order chi connectivity index (χ1) is 12.2. The third kappa shape index (κ3) is 4.28. The lowest BCUT2D eigenvalue weighted by atomic mass is 10.2. The van der Waals surface area contributed by atoms with Gasteiger partial charge in [0.15, 0.2) is 0 Å². The molecule has 3 rings (SSSR count). The van der Waals surface area contributed by atoms with E-state index in [-0.39, 0.29) is 29.3 Å². The Morgan fingerprint density at radius 2 is 1.85 bits per heavy atom. The molecule has 2 fully saturated rings. The fourth-order valence-electron chi connectivity index (χ4n) is 3.26. The molecule has 0 aliphatic carbocycles. The molecule has 0 spiro atoms. The number of piperazine rings is 1. The first-order valence-corrected chi connectivity index (χ1v) is 8.47. The van der Waals surface area contributed by atoms with Crippen LogP contribution in [0.2, 0.25) is 5.02 Å². The van der Waals surface area contributed by atoms with Crippen LogP contribution in [-0.4, -0.2) is 54.7 Å². The maximum absolute atomic E-state index is 12.6. The third-order valence-electron chi connectivity index (χ3n) is 4.35. The zero-order valence-electron chi connectivity index (χ0n) is 13.6. The van der Waals surface area contributed by atoms with Gasteiger partial charge in [-0.2, -0.15) is 13.2 Å². The van der Waals surface area contributed by atoms with Gasteiger partial charge in [-0.05, 0) is 25.0 Å². The van der Waals surface area contributed by atoms with Gasteiger partial charge < -0.3 is 10.2 Å². The molecular formula is C16H17ClF3N3O3. The van der Waals surface area contributed by atoms with Gasteiger partial charge in [-0.25, -0.2) is 4.79 Å². The molecule has 1 aromatic carbocycles. The number of carbonyl (C=O) groups is 2. The van der Waals surface area contributed by atoms with Crippen LogP contribution in [0.4, 0.5) is 18.9 Å². The number of fused-ring (bicyclic) bond motifs is 2. The zero-order valence-corrected chi connectivity index (χ0v) is 14.4. The number of likely N-dealkylation sites (tertiary alicyclic amines) is 1. The van der Waals surface area contributed by atoms with E-state index in [0.29, 0.717) is 18.2 Å². The van der Waals surface area contributed by atoms with Crippen LogP contribution in [0.3, 0.4) is 0 Å². The lowest BCUT2D eigenvalue weighted by Crippen LogP contribution is -2.54. The van der Waals surface area contributed by atoms with Gasteiger partial charge in [0.1, 0.15) is 5.69 Å². The van der Waals surface area contributed by atoms with E-state index in [2.05, 4.69) is 10.2 Å². The Bertz CT molecular complexity index is 689. The second-order valence-corrected chi connectivity index (χ2v) is 6.76. The van der Waals surface area contributed by atoms with E-state index < -0.39 is 18.1 Å². The molecule has 1 aromatic rings. The van der Waals surface area contributed by atoms with Gasteiger partial charge in [0.05, 0.1) is 11.6 Å². The average Bonchev–Trinajstić information content (AvgIpc) is 2.91. The maximum Gasteiger partial charge on any atom is 0.493 e. The molecule has 0 saturated carbocycles. The van der Waals surface area contributed by atoms with Gasteiger partial charge in [0, 0.05) is 25.2 Å². The molecule has 142 valence electrons. The Labute approximate surface area is 152 Å². The fraction of sp³-hybridized carbons (Fsp3) is 0.500. The predicted octanol–water partition coefficient (Wildman–Crippen LogP) is 2.13. The molecule has 2 unspecified atom stereocenters. The summed E-state index contributed by atoms with van der Waals surface area (Å²) in [7, 11) is 0. The summed E-state index contributed by atoms with van der Waals surface area (Å²) in [6.07, 6.45) is -3.24. The quantitative estimate of drug-likeness (QED) is 0.800. The van der Waals surface area contributed by atoms with Crippen LogP contribution >= 0.6 is 11.6 Å². The summed E-state index contributed by atoms with van der Waals surface area (Å²) in [5.74, 6) is -3.27. The minimum absolute atomic E-state index is 0.00351. The second-order valence-electron chi connectivity index (χ2n) is 6.35. The highest BCUT2D eigenvalue weighted by molar-refractivity contribution is 6.33. The number of anilines is 1. The van der Waals surface area contributed by atoms with Crippen LogP contribution in [0.15, 0.2) is 24.3 Å². The van der Waals surface area contributed by atoms with E-state index in [1.807, 2.05) is 4.90 Å². The van der Waals surface area contributed by atoms with Crippen molar-refractivity contribution in [1.82, 2.24) is 10.2 Å². The van der Waals surface area contributed by atoms with E-state index >= 15 is 0 Å². The normalized spacial score (nSPS) is 22.9. The summed E-state index contributed by atoms with van der Waals surface area (Å²) >= 11 is 5.97. The van der Waals surface area contributed by atoms with E-state index in [4.69, 9.17) is 11.6 Å². The number of para-hydroxylation sites is 1. The van der Waals surface area contributed by atoms with Gasteiger partial charge >= 0.3 is 12.1 Å². The van der Waals surface area contributed by atoms with Gasteiger partial charge in [0.2, 0.25) is 0 Å². The molecule has 1 N–H and O–H groups in total. The smallest absolute Gasteiger partial charge is 0.324 e. The summed E-state index contributed by atoms with van der Waals surface area (Å²) in [4.78, 5) is 30.1. The van der Waals surface area contributed by atoms with Crippen molar-refractivity contribution >= 4 is 29.2 Å². The van der Waals surface area contributed by atoms with Crippen molar-refractivity contribution in [1.29, 1.82) is 0 Å². The zero-order chi connectivity index (χ0) is 18.9. The highest BCUT2D eigenvalue weighted by atomic mass is 35.5. The minimum atomic E-state index is -5.23. The molecule has 2 heterocycles. The number of hydrogen-bond acceptors (Lipinski definition) is 5. The summed E-state index contributed by atoms with van der Waals surface area (Å²) in [6, 6.07) is 6.25. The molecule has 0 aromatic heterocycles. The number of nitrogens with zero attached hydrogens (tertiary/aromatic N) is 2. The third-order valence-corrected chi connectivity index (χ3v) is 4.67. The highest BCUT2D eigenvalue weighted by Crippen LogP contribution is 2.28. The first-order valence-electron chi connectivity index (χ1n) is 8.09. The van der Waals surface area contributed by atoms with Gasteiger partial charge in [-0.3, -0.25) is 9.69 Å². The van der Waals surface area contributed by atoms with Crippen LogP contribution in [-0.2, 0) is 14.4 Å². The summed E-state index contributed by atoms with van der Waals surface area (Å²) in [6.45, 7) is 1.03. The standard InChI is InChI=1S/C16H17ClF3N3O3/c17-12-3-1-2-4-13(12)23(26-15(25)16(18,19)20)14(24)9-22-7-10-5-6-11(8-22)21-10/h1-4,10-11,21H,5-9H2. The lowest BCUT2D eigenvalue weighted by Gasteiger charge is -2.33. The number of rotatable bonds is 3. The van der Waals surface area contributed by atoms with E-state index in [0.717, 1.165) is 12.8 Å². The summed E-state index contributed by atoms with van der Waals surface area (Å²) in [5.41, 5.74) is -0.116. The fourth-order valence-corrected chi connectivity index (χ4v) is 3.47. The number of hydroxylamine groups is 1. The van der Waals surface area contributed by atoms with Crippen molar-refractivity contribution in [2.45, 2.75) is 31.1 Å². The van der Waals surface area contributed by atoms with Crippen molar-refractivity contribution in [2.75, 3.05) is 24.7 Å². The molecule has 2 aliphatic rings. The molecule has 0 radical (unpaired) electrons. The van der Waals surface area contributed by atoms with Crippen LogP contribution in [0.5, 0.6) is 0 Å². The Morgan fingerprint density at radius 1 is 1.23 bits per heavy atom. The number of benzene rings is 1. The Hall–Kier alpha value is -1.84. The minimum Gasteiger partial charge on any atom is -0.324 e. The number of nitrogens with one attached hydrogen (secondary N) is 1. The van der Waals surface area contributed by atoms with E-state index in [9.17, 15) is 22.8 Å². The molecule has 26 heavy (non-hydrogen) atoms. The van der Waals surface area contributed by atoms with Crippen LogP contribution in [0, 0.1) is 0 Å². The Balaban J connectivity index is 1.77. The van der Waals surface area contributed by atoms with Gasteiger partial charge in [0.25, 0.3) is 5.91 Å². The number of halogens is 4. The van der Waals surface area contributed by atoms with Crippen LogP contribution < -0.4 is 10.4 Å². The van der Waals surface area contributed by atoms with Crippen molar-refractivity contribution in [3.8, 4) is 0 Å². The molecule has 2 saturated heterocycles. The highest BCUT2D eigenvalue weighted by Gasteiger charge is 2.44. The van der Waals surface area contributed by atoms with Crippen LogP contribution in [0.25, 0.3) is 0 Å². The summed E-state index contributed by atoms with van der Waals surface area (Å²) < 4.78 is 37.8. The molecule has 10 heteroatoms. The monoisotopic (exact) mass is 391 g/mol. The van der Waals surface area contributed by atoms with Crippen molar-refractivity contribution < 1.29 is 27.6 Å². The van der Waals surface area contributed by atoms with Crippen LogP contribution in [0.1, 0.15) is 12.8 Å². The SMILES string of the molecule is O=C(CN1CC2CCC(C1)N2)N(OC(=O)C(F)(F)F)c1ccccc1Cl. The van der Waals surface area contributed by atoms with Crippen molar-refractivity contribution in [2.24, 2.45) is 0 Å². The first kappa shape index (κ1) is 18.9. The van der Waals surface area contributed by atoms with E-state index in [1.54, 1.807) is 6.07 Å². The number of carbonyl (C=O) groups excluding carboxylic acids is 2.